The van der Waals surface area contributed by atoms with Crippen molar-refractivity contribution in [3.8, 4) is 11.8 Å². The Kier molecular flexibility index (Phi) is 3.50. The van der Waals surface area contributed by atoms with Crippen LogP contribution in [0.3, 0.4) is 0 Å². The summed E-state index contributed by atoms with van der Waals surface area (Å²) in [6.45, 7) is 1.28. The first kappa shape index (κ1) is 12.4. The summed E-state index contributed by atoms with van der Waals surface area (Å²) in [5.74, 6) is 0.747. The third-order valence-corrected chi connectivity index (χ3v) is 2.79. The molecule has 0 bridgehead atoms. The number of ether oxygens (including phenoxy) is 2. The van der Waals surface area contributed by atoms with E-state index in [1.165, 1.54) is 14.2 Å². The van der Waals surface area contributed by atoms with Crippen LogP contribution in [0.15, 0.2) is 6.07 Å². The Balaban J connectivity index is 2.04. The van der Waals surface area contributed by atoms with Crippen LogP contribution in [-0.4, -0.2) is 48.4 Å². The van der Waals surface area contributed by atoms with Crippen molar-refractivity contribution in [3.63, 3.8) is 0 Å². The Morgan fingerprint density at radius 3 is 2.39 bits per heavy atom. The molecule has 1 aliphatic heterocycles. The maximum absolute atomic E-state index is 10.6. The van der Waals surface area contributed by atoms with Crippen molar-refractivity contribution >= 4 is 11.9 Å². The first-order chi connectivity index (χ1) is 8.62. The van der Waals surface area contributed by atoms with Crippen LogP contribution in [0.4, 0.5) is 5.95 Å². The summed E-state index contributed by atoms with van der Waals surface area (Å²) in [6, 6.07) is 1.60. The van der Waals surface area contributed by atoms with E-state index in [-0.39, 0.29) is 12.3 Å². The minimum absolute atomic E-state index is 0.156. The van der Waals surface area contributed by atoms with Gasteiger partial charge in [-0.05, 0) is 0 Å². The van der Waals surface area contributed by atoms with E-state index < -0.39 is 5.97 Å². The SMILES string of the molecule is COc1cc(OC)nc(N2CC(CC(=O)O)C2)n1. The number of carboxylic acid groups (broad SMARTS) is 1. The fourth-order valence-electron chi connectivity index (χ4n) is 1.85. The van der Waals surface area contributed by atoms with E-state index in [1.807, 2.05) is 4.90 Å². The lowest BCUT2D eigenvalue weighted by Gasteiger charge is -2.38. The highest BCUT2D eigenvalue weighted by Crippen LogP contribution is 2.27. The molecule has 2 heterocycles. The summed E-state index contributed by atoms with van der Waals surface area (Å²) in [5.41, 5.74) is 0. The Morgan fingerprint density at radius 1 is 1.39 bits per heavy atom. The zero-order valence-corrected chi connectivity index (χ0v) is 10.3. The molecule has 0 saturated carbocycles. The third-order valence-electron chi connectivity index (χ3n) is 2.79. The van der Waals surface area contributed by atoms with E-state index in [1.54, 1.807) is 6.07 Å². The maximum Gasteiger partial charge on any atom is 0.303 e. The molecule has 0 radical (unpaired) electrons. The molecule has 1 aromatic heterocycles. The molecule has 7 heteroatoms. The minimum atomic E-state index is -0.774. The zero-order chi connectivity index (χ0) is 13.1. The Hall–Kier alpha value is -2.05. The van der Waals surface area contributed by atoms with Gasteiger partial charge in [0.05, 0.1) is 26.7 Å². The number of aliphatic carboxylic acids is 1. The lowest BCUT2D eigenvalue weighted by atomic mass is 9.97. The number of aromatic nitrogens is 2. The molecule has 2 rings (SSSR count). The maximum atomic E-state index is 10.6. The first-order valence-corrected chi connectivity index (χ1v) is 5.56. The average Bonchev–Trinajstić information content (AvgIpc) is 2.32. The molecule has 0 aromatic carbocycles. The molecule has 18 heavy (non-hydrogen) atoms. The summed E-state index contributed by atoms with van der Waals surface area (Å²) >= 11 is 0. The summed E-state index contributed by atoms with van der Waals surface area (Å²) in [7, 11) is 3.05. The quantitative estimate of drug-likeness (QED) is 0.813. The molecule has 7 nitrogen and oxygen atoms in total. The fraction of sp³-hybridized carbons (Fsp3) is 0.545. The number of nitrogens with zero attached hydrogens (tertiary/aromatic N) is 3. The minimum Gasteiger partial charge on any atom is -0.481 e. The van der Waals surface area contributed by atoms with Gasteiger partial charge in [0.15, 0.2) is 0 Å². The van der Waals surface area contributed by atoms with E-state index in [0.29, 0.717) is 30.8 Å². The zero-order valence-electron chi connectivity index (χ0n) is 10.3. The Bertz CT molecular complexity index is 424. The van der Waals surface area contributed by atoms with Crippen LogP contribution in [-0.2, 0) is 4.79 Å². The molecule has 1 aromatic rings. The third kappa shape index (κ3) is 2.61. The van der Waals surface area contributed by atoms with Gasteiger partial charge in [0.2, 0.25) is 17.7 Å². The van der Waals surface area contributed by atoms with Crippen LogP contribution < -0.4 is 14.4 Å². The summed E-state index contributed by atoms with van der Waals surface area (Å²) in [4.78, 5) is 20.9. The second-order valence-corrected chi connectivity index (χ2v) is 4.12. The molecule has 0 amide bonds. The van der Waals surface area contributed by atoms with Gasteiger partial charge in [0.25, 0.3) is 0 Å². The van der Waals surface area contributed by atoms with Gasteiger partial charge in [-0.3, -0.25) is 4.79 Å². The lowest BCUT2D eigenvalue weighted by Crippen LogP contribution is -2.48. The molecule has 0 spiro atoms. The standard InChI is InChI=1S/C11H15N3O4/c1-17-8-4-9(18-2)13-11(12-8)14-5-7(6-14)3-10(15)16/h4,7H,3,5-6H2,1-2H3,(H,15,16). The van der Waals surface area contributed by atoms with Gasteiger partial charge < -0.3 is 19.5 Å². The average molecular weight is 253 g/mol. The highest BCUT2D eigenvalue weighted by atomic mass is 16.5. The normalized spacial score (nSPS) is 15.1. The predicted molar refractivity (Wildman–Crippen MR) is 63.1 cm³/mol. The van der Waals surface area contributed by atoms with Crippen molar-refractivity contribution < 1.29 is 19.4 Å². The predicted octanol–water partition coefficient (Wildman–Crippen LogP) is 0.405. The van der Waals surface area contributed by atoms with Gasteiger partial charge in [-0.1, -0.05) is 0 Å². The van der Waals surface area contributed by atoms with E-state index in [0.717, 1.165) is 0 Å². The highest BCUT2D eigenvalue weighted by Gasteiger charge is 2.30. The van der Waals surface area contributed by atoms with Crippen molar-refractivity contribution in [3.05, 3.63) is 6.07 Å². The molecule has 0 atom stereocenters. The molecule has 0 unspecified atom stereocenters. The largest absolute Gasteiger partial charge is 0.481 e. The van der Waals surface area contributed by atoms with Gasteiger partial charge in [-0.25, -0.2) is 0 Å². The van der Waals surface area contributed by atoms with Crippen LogP contribution in [0.25, 0.3) is 0 Å². The topological polar surface area (TPSA) is 84.8 Å². The molecular formula is C11H15N3O4. The van der Waals surface area contributed by atoms with Crippen LogP contribution >= 0.6 is 0 Å². The van der Waals surface area contributed by atoms with E-state index in [4.69, 9.17) is 14.6 Å². The van der Waals surface area contributed by atoms with Gasteiger partial charge in [-0.15, -0.1) is 0 Å². The number of anilines is 1. The number of carboxylic acids is 1. The van der Waals surface area contributed by atoms with Crippen LogP contribution in [0.2, 0.25) is 0 Å². The van der Waals surface area contributed by atoms with Gasteiger partial charge >= 0.3 is 5.97 Å². The molecule has 0 aliphatic carbocycles. The monoisotopic (exact) mass is 253 g/mol. The lowest BCUT2D eigenvalue weighted by molar-refractivity contribution is -0.138. The van der Waals surface area contributed by atoms with Gasteiger partial charge in [0.1, 0.15) is 0 Å². The van der Waals surface area contributed by atoms with Crippen molar-refractivity contribution in [1.82, 2.24) is 9.97 Å². The number of rotatable bonds is 5. The van der Waals surface area contributed by atoms with Crippen molar-refractivity contribution in [1.29, 1.82) is 0 Å². The number of hydrogen-bond donors (Lipinski definition) is 1. The van der Waals surface area contributed by atoms with Crippen LogP contribution in [0.1, 0.15) is 6.42 Å². The second-order valence-electron chi connectivity index (χ2n) is 4.12. The van der Waals surface area contributed by atoms with E-state index in [9.17, 15) is 4.79 Å². The molecular weight excluding hydrogens is 238 g/mol. The smallest absolute Gasteiger partial charge is 0.303 e. The van der Waals surface area contributed by atoms with Crippen molar-refractivity contribution in [2.24, 2.45) is 5.92 Å². The summed E-state index contributed by atoms with van der Waals surface area (Å²) in [6.07, 6.45) is 0.178. The van der Waals surface area contributed by atoms with Gasteiger partial charge in [-0.2, -0.15) is 9.97 Å². The number of carbonyl (C=O) groups is 1. The van der Waals surface area contributed by atoms with Crippen molar-refractivity contribution in [2.45, 2.75) is 6.42 Å². The van der Waals surface area contributed by atoms with E-state index >= 15 is 0 Å². The summed E-state index contributed by atoms with van der Waals surface area (Å²) < 4.78 is 10.1. The molecule has 1 aliphatic rings. The Morgan fingerprint density at radius 2 is 1.94 bits per heavy atom. The molecule has 98 valence electrons. The van der Waals surface area contributed by atoms with Crippen molar-refractivity contribution in [2.75, 3.05) is 32.2 Å². The highest BCUT2D eigenvalue weighted by molar-refractivity contribution is 5.67. The summed E-state index contributed by atoms with van der Waals surface area (Å²) in [5, 5.41) is 8.68. The number of methoxy groups -OCH3 is 2. The number of hydrogen-bond acceptors (Lipinski definition) is 6. The second kappa shape index (κ2) is 5.07. The molecule has 1 fully saturated rings. The van der Waals surface area contributed by atoms with Crippen LogP contribution in [0.5, 0.6) is 11.8 Å². The van der Waals surface area contributed by atoms with Gasteiger partial charge in [0, 0.05) is 19.0 Å². The van der Waals surface area contributed by atoms with E-state index in [2.05, 4.69) is 9.97 Å². The molecule has 1 N–H and O–H groups in total. The first-order valence-electron chi connectivity index (χ1n) is 5.56. The fourth-order valence-corrected chi connectivity index (χ4v) is 1.85. The Labute approximate surface area is 104 Å². The van der Waals surface area contributed by atoms with Crippen LogP contribution in [0, 0.1) is 5.92 Å². The molecule has 1 saturated heterocycles.